The molecule has 0 aliphatic rings. The zero-order valence-electron chi connectivity index (χ0n) is 16.5. The maximum Gasteiger partial charge on any atom is 0.226 e. The van der Waals surface area contributed by atoms with Crippen molar-refractivity contribution in [2.45, 2.75) is 40.0 Å². The quantitative estimate of drug-likeness (QED) is 0.681. The summed E-state index contributed by atoms with van der Waals surface area (Å²) in [5, 5.41) is 0. The number of rotatable bonds is 5. The van der Waals surface area contributed by atoms with Crippen molar-refractivity contribution >= 4 is 17.5 Å². The summed E-state index contributed by atoms with van der Waals surface area (Å²) < 4.78 is 0. The third-order valence-electron chi connectivity index (χ3n) is 2.80. The summed E-state index contributed by atoms with van der Waals surface area (Å²) in [6, 6.07) is 9.49. The van der Waals surface area contributed by atoms with E-state index in [9.17, 15) is 9.59 Å². The molecule has 0 aliphatic heterocycles. The van der Waals surface area contributed by atoms with Gasteiger partial charge in [0.15, 0.2) is 0 Å². The Morgan fingerprint density at radius 1 is 0.917 bits per heavy atom. The fraction of sp³-hybridized carbons (Fsp3) is 0.474. The van der Waals surface area contributed by atoms with Gasteiger partial charge in [0, 0.05) is 72.4 Å². The predicted molar refractivity (Wildman–Crippen MR) is 101 cm³/mol. The molecule has 0 atom stereocenters. The largest absolute Gasteiger partial charge is 0.358 e. The number of nitrogens with zero attached hydrogens (tertiary/aromatic N) is 2. The summed E-state index contributed by atoms with van der Waals surface area (Å²) >= 11 is 0. The van der Waals surface area contributed by atoms with Crippen LogP contribution in [0.1, 0.15) is 40.0 Å². The van der Waals surface area contributed by atoms with Crippen molar-refractivity contribution in [1.82, 2.24) is 4.90 Å². The number of hydrogen-bond donors (Lipinski definition) is 0. The standard InChI is InChI=1S/C14H20N2O2.C2H6.C2H5.CH3.Y/c1-15(2)13(17)10-7-11-14(18)16(3)12-8-5-4-6-9-12;2*1-2;;/h4-6,8-9H,7,10-11H2,1-3H3;1-2H3;1H2,2H3;1H3;/q;;2*-1;. The molecule has 0 aromatic heterocycles. The second-order valence-electron chi connectivity index (χ2n) is 4.43. The molecule has 5 heteroatoms. The van der Waals surface area contributed by atoms with Gasteiger partial charge in [-0.25, -0.2) is 0 Å². The van der Waals surface area contributed by atoms with Gasteiger partial charge in [0.05, 0.1) is 0 Å². The van der Waals surface area contributed by atoms with E-state index < -0.39 is 0 Å². The van der Waals surface area contributed by atoms with Crippen molar-refractivity contribution in [2.75, 3.05) is 26.0 Å². The normalized spacial score (nSPS) is 7.96. The number of anilines is 1. The number of carbonyl (C=O) groups excluding carboxylic acids is 2. The third kappa shape index (κ3) is 13.7. The Morgan fingerprint density at radius 3 is 1.75 bits per heavy atom. The van der Waals surface area contributed by atoms with Crippen LogP contribution in [0.15, 0.2) is 30.3 Å². The van der Waals surface area contributed by atoms with Crippen LogP contribution in [0.2, 0.25) is 0 Å². The summed E-state index contributed by atoms with van der Waals surface area (Å²) in [7, 11) is 5.20. The van der Waals surface area contributed by atoms with E-state index in [1.165, 1.54) is 0 Å². The fourth-order valence-electron chi connectivity index (χ4n) is 1.58. The molecule has 2 amide bonds. The Kier molecular flexibility index (Phi) is 26.3. The van der Waals surface area contributed by atoms with Crippen LogP contribution in [0.4, 0.5) is 5.69 Å². The van der Waals surface area contributed by atoms with E-state index in [2.05, 4.69) is 6.92 Å². The number of carbonyl (C=O) groups is 2. The van der Waals surface area contributed by atoms with Gasteiger partial charge >= 0.3 is 0 Å². The molecule has 0 fully saturated rings. The SMILES string of the molecule is CC.CN(C)C(=O)CCCC(=O)N(C)c1ccccc1.[CH2-]C.[CH3-].[Y]. The van der Waals surface area contributed by atoms with Gasteiger partial charge in [-0.05, 0) is 18.6 Å². The predicted octanol–water partition coefficient (Wildman–Crippen LogP) is 4.22. The summed E-state index contributed by atoms with van der Waals surface area (Å²) in [6.07, 6.45) is 1.40. The Balaban J connectivity index is -0.000000309. The minimum atomic E-state index is 0. The molecule has 0 spiro atoms. The molecule has 1 aromatic rings. The molecular formula is C19H34N2O2Y-2. The van der Waals surface area contributed by atoms with Crippen LogP contribution in [0.3, 0.4) is 0 Å². The molecule has 1 rings (SSSR count). The molecule has 0 unspecified atom stereocenters. The van der Waals surface area contributed by atoms with Crippen molar-refractivity contribution in [3.05, 3.63) is 44.7 Å². The van der Waals surface area contributed by atoms with Crippen molar-refractivity contribution < 1.29 is 42.3 Å². The van der Waals surface area contributed by atoms with Crippen LogP contribution in [0, 0.1) is 14.4 Å². The number of amides is 2. The average Bonchev–Trinajstić information content (AvgIpc) is 2.58. The minimum absolute atomic E-state index is 0. The van der Waals surface area contributed by atoms with Crippen molar-refractivity contribution in [3.8, 4) is 0 Å². The molecule has 4 nitrogen and oxygen atoms in total. The molecule has 0 saturated heterocycles. The zero-order valence-corrected chi connectivity index (χ0v) is 19.3. The molecule has 0 heterocycles. The van der Waals surface area contributed by atoms with E-state index in [0.717, 1.165) is 5.69 Å². The number of hydrogen-bond acceptors (Lipinski definition) is 2. The van der Waals surface area contributed by atoms with Crippen molar-refractivity contribution in [1.29, 1.82) is 0 Å². The van der Waals surface area contributed by atoms with Gasteiger partial charge in [-0.1, -0.05) is 32.0 Å². The zero-order chi connectivity index (χ0) is 17.5. The van der Waals surface area contributed by atoms with Gasteiger partial charge in [-0.15, -0.1) is 0 Å². The van der Waals surface area contributed by atoms with E-state index in [4.69, 9.17) is 0 Å². The fourth-order valence-corrected chi connectivity index (χ4v) is 1.58. The van der Waals surface area contributed by atoms with E-state index in [-0.39, 0.29) is 52.0 Å². The van der Waals surface area contributed by atoms with Gasteiger partial charge in [-0.3, -0.25) is 9.59 Å². The van der Waals surface area contributed by atoms with Gasteiger partial charge in [0.1, 0.15) is 0 Å². The van der Waals surface area contributed by atoms with Crippen molar-refractivity contribution in [2.24, 2.45) is 0 Å². The molecular weight excluding hydrogens is 377 g/mol. The maximum atomic E-state index is 11.9. The summed E-state index contributed by atoms with van der Waals surface area (Å²) in [5.74, 6) is 0.0953. The Bertz CT molecular complexity index is 409. The van der Waals surface area contributed by atoms with Crippen LogP contribution < -0.4 is 4.90 Å². The molecule has 24 heavy (non-hydrogen) atoms. The molecule has 1 radical (unpaired) electrons. The minimum Gasteiger partial charge on any atom is -0.358 e. The summed E-state index contributed by atoms with van der Waals surface area (Å²) in [4.78, 5) is 26.4. The van der Waals surface area contributed by atoms with E-state index in [0.29, 0.717) is 19.3 Å². The molecule has 137 valence electrons. The first-order chi connectivity index (χ1) is 10.5. The van der Waals surface area contributed by atoms with Gasteiger partial charge in [0.2, 0.25) is 11.8 Å². The maximum absolute atomic E-state index is 11.9. The van der Waals surface area contributed by atoms with Gasteiger partial charge in [0.25, 0.3) is 0 Å². The first-order valence-electron chi connectivity index (χ1n) is 7.75. The second-order valence-corrected chi connectivity index (χ2v) is 4.43. The summed E-state index contributed by atoms with van der Waals surface area (Å²) in [6.45, 7) is 9.00. The molecule has 0 aliphatic carbocycles. The molecule has 0 bridgehead atoms. The second kappa shape index (κ2) is 20.3. The topological polar surface area (TPSA) is 40.6 Å². The van der Waals surface area contributed by atoms with E-state index >= 15 is 0 Å². The van der Waals surface area contributed by atoms with Crippen LogP contribution >= 0.6 is 0 Å². The van der Waals surface area contributed by atoms with Crippen molar-refractivity contribution in [3.63, 3.8) is 0 Å². The Labute approximate surface area is 174 Å². The third-order valence-corrected chi connectivity index (χ3v) is 2.80. The Morgan fingerprint density at radius 2 is 1.33 bits per heavy atom. The van der Waals surface area contributed by atoms with Crippen LogP contribution in [0.5, 0.6) is 0 Å². The molecule has 0 N–H and O–H groups in total. The summed E-state index contributed by atoms with van der Waals surface area (Å²) in [5.41, 5.74) is 0.876. The molecule has 1 aromatic carbocycles. The monoisotopic (exact) mass is 411 g/mol. The molecule has 0 saturated carbocycles. The van der Waals surface area contributed by atoms with Crippen LogP contribution in [-0.2, 0) is 42.3 Å². The van der Waals surface area contributed by atoms with E-state index in [1.807, 2.05) is 44.2 Å². The van der Waals surface area contributed by atoms with Gasteiger partial charge in [-0.2, -0.15) is 6.92 Å². The average molecular weight is 411 g/mol. The number of benzene rings is 1. The first-order valence-corrected chi connectivity index (χ1v) is 7.75. The Hall–Kier alpha value is -0.736. The van der Waals surface area contributed by atoms with Crippen LogP contribution in [0.25, 0.3) is 0 Å². The van der Waals surface area contributed by atoms with Crippen LogP contribution in [-0.4, -0.2) is 37.9 Å². The van der Waals surface area contributed by atoms with Gasteiger partial charge < -0.3 is 24.2 Å². The number of para-hydroxylation sites is 1. The first kappa shape index (κ1) is 31.1. The van der Waals surface area contributed by atoms with E-state index in [1.54, 1.807) is 37.9 Å². The smallest absolute Gasteiger partial charge is 0.226 e.